The molecule has 0 aliphatic carbocycles. The molecule has 0 spiro atoms. The van der Waals surface area contributed by atoms with Gasteiger partial charge in [-0.2, -0.15) is 0 Å². The minimum Gasteiger partial charge on any atom is -0.337 e. The molecule has 3 nitrogen and oxygen atoms in total. The number of amides is 1. The van der Waals surface area contributed by atoms with Crippen LogP contribution in [0.4, 0.5) is 4.39 Å². The average Bonchev–Trinajstić information content (AvgIpc) is 2.55. The van der Waals surface area contributed by atoms with Crippen LogP contribution >= 0.6 is 0 Å². The van der Waals surface area contributed by atoms with E-state index in [-0.39, 0.29) is 11.7 Å². The highest BCUT2D eigenvalue weighted by Crippen LogP contribution is 2.11. The Labute approximate surface area is 101 Å². The van der Waals surface area contributed by atoms with Gasteiger partial charge in [0.2, 0.25) is 0 Å². The monoisotopic (exact) mass is 236 g/mol. The predicted molar refractivity (Wildman–Crippen MR) is 64.5 cm³/mol. The summed E-state index contributed by atoms with van der Waals surface area (Å²) in [6, 6.07) is 4.48. The maximum Gasteiger partial charge on any atom is 0.254 e. The van der Waals surface area contributed by atoms with Crippen molar-refractivity contribution in [2.75, 3.05) is 26.2 Å². The number of rotatable bonds is 1. The minimum absolute atomic E-state index is 0.0729. The fourth-order valence-electron chi connectivity index (χ4n) is 2.09. The fourth-order valence-corrected chi connectivity index (χ4v) is 2.09. The van der Waals surface area contributed by atoms with E-state index in [4.69, 9.17) is 0 Å². The molecule has 4 heteroatoms. The van der Waals surface area contributed by atoms with Gasteiger partial charge in [0.1, 0.15) is 5.82 Å². The number of hydrogen-bond donors (Lipinski definition) is 1. The van der Waals surface area contributed by atoms with Gasteiger partial charge in [0.05, 0.1) is 0 Å². The van der Waals surface area contributed by atoms with Gasteiger partial charge in [0.15, 0.2) is 0 Å². The van der Waals surface area contributed by atoms with E-state index in [2.05, 4.69) is 5.32 Å². The topological polar surface area (TPSA) is 32.3 Å². The Morgan fingerprint density at radius 2 is 2.12 bits per heavy atom. The molecule has 0 saturated carbocycles. The van der Waals surface area contributed by atoms with Crippen molar-refractivity contribution in [2.24, 2.45) is 0 Å². The molecule has 0 atom stereocenters. The summed E-state index contributed by atoms with van der Waals surface area (Å²) in [5.41, 5.74) is 1.23. The van der Waals surface area contributed by atoms with E-state index in [9.17, 15) is 9.18 Å². The van der Waals surface area contributed by atoms with Crippen molar-refractivity contribution >= 4 is 5.91 Å². The second kappa shape index (κ2) is 5.27. The molecule has 17 heavy (non-hydrogen) atoms. The number of halogens is 1. The second-order valence-electron chi connectivity index (χ2n) is 4.41. The van der Waals surface area contributed by atoms with Gasteiger partial charge in [0.25, 0.3) is 5.91 Å². The third kappa shape index (κ3) is 3.03. The van der Waals surface area contributed by atoms with E-state index in [1.54, 1.807) is 17.9 Å². The number of carbonyl (C=O) groups excluding carboxylic acids is 1. The van der Waals surface area contributed by atoms with Crippen LogP contribution in [-0.4, -0.2) is 37.0 Å². The number of nitrogens with one attached hydrogen (secondary N) is 1. The van der Waals surface area contributed by atoms with E-state index in [1.165, 1.54) is 12.1 Å². The van der Waals surface area contributed by atoms with Crippen LogP contribution in [0.1, 0.15) is 22.3 Å². The number of carbonyl (C=O) groups is 1. The first-order chi connectivity index (χ1) is 8.16. The second-order valence-corrected chi connectivity index (χ2v) is 4.41. The van der Waals surface area contributed by atoms with Crippen LogP contribution in [0.2, 0.25) is 0 Å². The Morgan fingerprint density at radius 3 is 2.88 bits per heavy atom. The van der Waals surface area contributed by atoms with Gasteiger partial charge < -0.3 is 10.2 Å². The van der Waals surface area contributed by atoms with E-state index >= 15 is 0 Å². The lowest BCUT2D eigenvalue weighted by atomic mass is 10.1. The quantitative estimate of drug-likeness (QED) is 0.802. The summed E-state index contributed by atoms with van der Waals surface area (Å²) in [6.07, 6.45) is 0.944. The summed E-state index contributed by atoms with van der Waals surface area (Å²) in [6.45, 7) is 4.96. The van der Waals surface area contributed by atoms with Gasteiger partial charge in [-0.3, -0.25) is 4.79 Å². The summed E-state index contributed by atoms with van der Waals surface area (Å²) in [4.78, 5) is 14.0. The van der Waals surface area contributed by atoms with Gasteiger partial charge in [-0.15, -0.1) is 0 Å². The van der Waals surface area contributed by atoms with Crippen LogP contribution in [0, 0.1) is 12.7 Å². The Bertz CT molecular complexity index is 392. The van der Waals surface area contributed by atoms with Crippen molar-refractivity contribution in [1.82, 2.24) is 10.2 Å². The molecule has 92 valence electrons. The molecule has 1 heterocycles. The van der Waals surface area contributed by atoms with Gasteiger partial charge in [-0.05, 0) is 43.7 Å². The zero-order chi connectivity index (χ0) is 12.3. The van der Waals surface area contributed by atoms with Gasteiger partial charge in [-0.1, -0.05) is 0 Å². The van der Waals surface area contributed by atoms with Crippen LogP contribution in [0.15, 0.2) is 18.2 Å². The molecule has 1 aliphatic heterocycles. The van der Waals surface area contributed by atoms with Gasteiger partial charge in [-0.25, -0.2) is 4.39 Å². The van der Waals surface area contributed by atoms with Crippen molar-refractivity contribution in [2.45, 2.75) is 13.3 Å². The van der Waals surface area contributed by atoms with E-state index < -0.39 is 0 Å². The number of hydrogen-bond acceptors (Lipinski definition) is 2. The number of benzene rings is 1. The molecule has 0 unspecified atom stereocenters. The summed E-state index contributed by atoms with van der Waals surface area (Å²) in [5.74, 6) is -0.419. The highest BCUT2D eigenvalue weighted by molar-refractivity contribution is 5.94. The highest BCUT2D eigenvalue weighted by Gasteiger charge is 2.17. The largest absolute Gasteiger partial charge is 0.337 e. The molecule has 2 rings (SSSR count). The lowest BCUT2D eigenvalue weighted by Gasteiger charge is -2.20. The summed E-state index contributed by atoms with van der Waals surface area (Å²) in [5, 5.41) is 3.24. The molecule has 1 saturated heterocycles. The minimum atomic E-state index is -0.346. The smallest absolute Gasteiger partial charge is 0.254 e. The fraction of sp³-hybridized carbons (Fsp3) is 0.462. The van der Waals surface area contributed by atoms with E-state index in [0.717, 1.165) is 31.6 Å². The molecule has 0 aromatic heterocycles. The molecule has 0 radical (unpaired) electrons. The van der Waals surface area contributed by atoms with Crippen molar-refractivity contribution in [3.63, 3.8) is 0 Å². The Kier molecular flexibility index (Phi) is 3.74. The number of aryl methyl sites for hydroxylation is 1. The molecule has 1 aromatic carbocycles. The van der Waals surface area contributed by atoms with Gasteiger partial charge >= 0.3 is 0 Å². The maximum absolute atomic E-state index is 13.3. The highest BCUT2D eigenvalue weighted by atomic mass is 19.1. The van der Waals surface area contributed by atoms with Crippen LogP contribution in [0.25, 0.3) is 0 Å². The SMILES string of the molecule is Cc1cc(F)cc(C(=O)N2CCCNCC2)c1. The van der Waals surface area contributed by atoms with Crippen molar-refractivity contribution in [1.29, 1.82) is 0 Å². The lowest BCUT2D eigenvalue weighted by molar-refractivity contribution is 0.0766. The molecule has 1 amide bonds. The third-order valence-electron chi connectivity index (χ3n) is 2.92. The van der Waals surface area contributed by atoms with E-state index in [0.29, 0.717) is 12.1 Å². The van der Waals surface area contributed by atoms with Gasteiger partial charge in [0, 0.05) is 25.2 Å². The Balaban J connectivity index is 2.17. The first-order valence-electron chi connectivity index (χ1n) is 5.94. The Hall–Kier alpha value is -1.42. The standard InChI is InChI=1S/C13H17FN2O/c1-10-7-11(9-12(14)8-10)13(17)16-5-2-3-15-4-6-16/h7-9,15H,2-6H2,1H3. The van der Waals surface area contributed by atoms with Crippen LogP contribution in [0.3, 0.4) is 0 Å². The van der Waals surface area contributed by atoms with Crippen molar-refractivity contribution < 1.29 is 9.18 Å². The first kappa shape index (κ1) is 12.0. The molecule has 1 aromatic rings. The summed E-state index contributed by atoms with van der Waals surface area (Å²) < 4.78 is 13.3. The summed E-state index contributed by atoms with van der Waals surface area (Å²) in [7, 11) is 0. The normalized spacial score (nSPS) is 16.7. The number of nitrogens with zero attached hydrogens (tertiary/aromatic N) is 1. The lowest BCUT2D eigenvalue weighted by Crippen LogP contribution is -2.34. The van der Waals surface area contributed by atoms with E-state index in [1.807, 2.05) is 0 Å². The molecule has 1 N–H and O–H groups in total. The third-order valence-corrected chi connectivity index (χ3v) is 2.92. The zero-order valence-corrected chi connectivity index (χ0v) is 10.0. The van der Waals surface area contributed by atoms with Crippen molar-refractivity contribution in [3.05, 3.63) is 35.1 Å². The maximum atomic E-state index is 13.3. The molecular formula is C13H17FN2O. The zero-order valence-electron chi connectivity index (χ0n) is 10.0. The molecular weight excluding hydrogens is 219 g/mol. The van der Waals surface area contributed by atoms with Crippen LogP contribution < -0.4 is 5.32 Å². The Morgan fingerprint density at radius 1 is 1.29 bits per heavy atom. The van der Waals surface area contributed by atoms with Crippen LogP contribution in [-0.2, 0) is 0 Å². The molecule has 1 fully saturated rings. The average molecular weight is 236 g/mol. The molecule has 0 bridgehead atoms. The first-order valence-corrected chi connectivity index (χ1v) is 5.94. The van der Waals surface area contributed by atoms with Crippen molar-refractivity contribution in [3.8, 4) is 0 Å². The molecule has 1 aliphatic rings. The van der Waals surface area contributed by atoms with Crippen LogP contribution in [0.5, 0.6) is 0 Å². The predicted octanol–water partition coefficient (Wildman–Crippen LogP) is 1.57. The summed E-state index contributed by atoms with van der Waals surface area (Å²) >= 11 is 0.